The molecule has 0 bridgehead atoms. The number of rotatable bonds is 8. The first-order valence-electron chi connectivity index (χ1n) is 12.2. The Morgan fingerprint density at radius 2 is 1.76 bits per heavy atom. The Bertz CT molecular complexity index is 1140. The molecule has 5 rings (SSSR count). The van der Waals surface area contributed by atoms with E-state index in [9.17, 15) is 9.59 Å². The van der Waals surface area contributed by atoms with Crippen molar-refractivity contribution in [1.29, 1.82) is 0 Å². The van der Waals surface area contributed by atoms with Crippen LogP contribution in [0.15, 0.2) is 30.6 Å². The number of likely N-dealkylation sites (tertiary alicyclic amines) is 1. The van der Waals surface area contributed by atoms with Gasteiger partial charge in [0.2, 0.25) is 11.8 Å². The molecule has 1 aliphatic carbocycles. The molecule has 174 valence electrons. The van der Waals surface area contributed by atoms with Crippen molar-refractivity contribution in [2.45, 2.75) is 64.8 Å². The summed E-state index contributed by atoms with van der Waals surface area (Å²) in [6.07, 6.45) is 8.73. The molecule has 2 aliphatic rings. The number of hydrogen-bond donors (Lipinski definition) is 0. The topological polar surface area (TPSA) is 85.9 Å². The van der Waals surface area contributed by atoms with Crippen molar-refractivity contribution in [3.63, 3.8) is 0 Å². The van der Waals surface area contributed by atoms with Crippen LogP contribution in [-0.4, -0.2) is 54.3 Å². The maximum Gasteiger partial charge on any atom is 0.247 e. The molecular weight excluding hydrogens is 416 g/mol. The lowest BCUT2D eigenvalue weighted by Crippen LogP contribution is -2.39. The molecule has 1 amide bonds. The molecule has 1 aromatic carbocycles. The highest BCUT2D eigenvalue weighted by Gasteiger charge is 2.26. The summed E-state index contributed by atoms with van der Waals surface area (Å²) in [5.74, 6) is 2.54. The van der Waals surface area contributed by atoms with Crippen LogP contribution in [0.2, 0.25) is 0 Å². The molecule has 1 saturated carbocycles. The first kappa shape index (κ1) is 21.8. The van der Waals surface area contributed by atoms with Gasteiger partial charge in [0.15, 0.2) is 0 Å². The Kier molecular flexibility index (Phi) is 6.24. The number of aryl methyl sites for hydroxylation is 1. The van der Waals surface area contributed by atoms with Gasteiger partial charge in [-0.15, -0.1) is 10.2 Å². The molecule has 3 heterocycles. The van der Waals surface area contributed by atoms with E-state index in [-0.39, 0.29) is 11.8 Å². The van der Waals surface area contributed by atoms with Gasteiger partial charge in [0.25, 0.3) is 0 Å². The van der Waals surface area contributed by atoms with Crippen LogP contribution < -0.4 is 0 Å². The molecule has 8 heteroatoms. The third-order valence-corrected chi connectivity index (χ3v) is 7.08. The molecule has 33 heavy (non-hydrogen) atoms. The lowest BCUT2D eigenvalue weighted by atomic mass is 9.93. The van der Waals surface area contributed by atoms with Crippen LogP contribution in [0.5, 0.6) is 0 Å². The number of piperidine rings is 1. The van der Waals surface area contributed by atoms with Gasteiger partial charge in [0.05, 0.1) is 11.2 Å². The molecule has 3 aromatic rings. The molecular formula is C25H32N6O2. The number of carbonyl (C=O) groups is 2. The molecule has 0 radical (unpaired) electrons. The summed E-state index contributed by atoms with van der Waals surface area (Å²) in [5.41, 5.74) is 1.69. The minimum Gasteiger partial charge on any atom is -0.343 e. The van der Waals surface area contributed by atoms with E-state index in [2.05, 4.69) is 19.9 Å². The third-order valence-electron chi connectivity index (χ3n) is 7.08. The first-order chi connectivity index (χ1) is 16.1. The normalized spacial score (nSPS) is 17.1. The van der Waals surface area contributed by atoms with Crippen molar-refractivity contribution in [3.8, 4) is 0 Å². The van der Waals surface area contributed by atoms with Crippen LogP contribution in [0.4, 0.5) is 0 Å². The molecule has 2 aromatic heterocycles. The van der Waals surface area contributed by atoms with Crippen molar-refractivity contribution >= 4 is 22.7 Å². The van der Waals surface area contributed by atoms with Gasteiger partial charge in [0.1, 0.15) is 12.2 Å². The summed E-state index contributed by atoms with van der Waals surface area (Å²) in [7, 11) is 0. The maximum atomic E-state index is 12.7. The zero-order valence-electron chi connectivity index (χ0n) is 19.3. The quantitative estimate of drug-likeness (QED) is 0.525. The minimum absolute atomic E-state index is 0.0545. The molecule has 2 fully saturated rings. The lowest BCUT2D eigenvalue weighted by Gasteiger charge is -2.32. The van der Waals surface area contributed by atoms with Gasteiger partial charge in [-0.1, -0.05) is 18.2 Å². The second-order valence-electron chi connectivity index (χ2n) is 9.63. The Balaban J connectivity index is 1.06. The fraction of sp³-hybridized carbons (Fsp3) is 0.560. The monoisotopic (exact) mass is 448 g/mol. The predicted octanol–water partition coefficient (Wildman–Crippen LogP) is 3.64. The maximum absolute atomic E-state index is 12.7. The fourth-order valence-electron chi connectivity index (χ4n) is 4.88. The van der Waals surface area contributed by atoms with Crippen molar-refractivity contribution in [2.75, 3.05) is 13.1 Å². The zero-order valence-corrected chi connectivity index (χ0v) is 19.3. The van der Waals surface area contributed by atoms with Crippen LogP contribution in [0.3, 0.4) is 0 Å². The van der Waals surface area contributed by atoms with Crippen molar-refractivity contribution < 1.29 is 9.59 Å². The fourth-order valence-corrected chi connectivity index (χ4v) is 4.88. The Labute approximate surface area is 194 Å². The summed E-state index contributed by atoms with van der Waals surface area (Å²) >= 11 is 0. The molecule has 1 aliphatic heterocycles. The summed E-state index contributed by atoms with van der Waals surface area (Å²) in [6, 6.07) is 7.76. The number of hydrogen-bond acceptors (Lipinski definition) is 5. The largest absolute Gasteiger partial charge is 0.343 e. The third kappa shape index (κ3) is 4.99. The number of amides is 1. The highest BCUT2D eigenvalue weighted by molar-refractivity contribution is 5.92. The Morgan fingerprint density at radius 3 is 2.55 bits per heavy atom. The van der Waals surface area contributed by atoms with Crippen molar-refractivity contribution in [2.24, 2.45) is 11.8 Å². The SMILES string of the molecule is Cc1nn(C(=O)CCCC(=O)N2CCC(Cc3nncn3CC3CC3)CC2)c2ccccc12. The van der Waals surface area contributed by atoms with Gasteiger partial charge in [-0.25, -0.2) is 0 Å². The average Bonchev–Trinajstić information content (AvgIpc) is 3.45. The number of para-hydroxylation sites is 1. The second-order valence-corrected chi connectivity index (χ2v) is 9.63. The molecule has 8 nitrogen and oxygen atoms in total. The lowest BCUT2D eigenvalue weighted by molar-refractivity contribution is -0.132. The number of nitrogens with zero attached hydrogens (tertiary/aromatic N) is 6. The standard InChI is InChI=1S/C25H32N6O2/c1-18-21-5-2-3-6-22(21)31(28-18)25(33)8-4-7-24(32)29-13-11-19(12-14-29)15-23-27-26-17-30(23)16-20-9-10-20/h2-3,5-6,17,19-20H,4,7-16H2,1H3. The first-order valence-corrected chi connectivity index (χ1v) is 12.2. The highest BCUT2D eigenvalue weighted by atomic mass is 16.2. The van der Waals surface area contributed by atoms with E-state index in [4.69, 9.17) is 0 Å². The van der Waals surface area contributed by atoms with Gasteiger partial charge in [0, 0.05) is 44.3 Å². The number of benzene rings is 1. The van der Waals surface area contributed by atoms with E-state index in [1.807, 2.05) is 42.4 Å². The average molecular weight is 449 g/mol. The summed E-state index contributed by atoms with van der Waals surface area (Å²) in [6.45, 7) is 4.54. The smallest absolute Gasteiger partial charge is 0.247 e. The summed E-state index contributed by atoms with van der Waals surface area (Å²) in [4.78, 5) is 27.4. The van der Waals surface area contributed by atoms with Gasteiger partial charge < -0.3 is 9.47 Å². The molecule has 1 saturated heterocycles. The summed E-state index contributed by atoms with van der Waals surface area (Å²) < 4.78 is 3.71. The van der Waals surface area contributed by atoms with Gasteiger partial charge in [-0.05, 0) is 56.9 Å². The van der Waals surface area contributed by atoms with Crippen molar-refractivity contribution in [3.05, 3.63) is 42.1 Å². The highest BCUT2D eigenvalue weighted by Crippen LogP contribution is 2.31. The van der Waals surface area contributed by atoms with E-state index in [1.54, 1.807) is 0 Å². The molecule has 0 atom stereocenters. The van der Waals surface area contributed by atoms with E-state index >= 15 is 0 Å². The van der Waals surface area contributed by atoms with Crippen LogP contribution in [0, 0.1) is 18.8 Å². The van der Waals surface area contributed by atoms with Crippen LogP contribution in [0.1, 0.15) is 61.3 Å². The zero-order chi connectivity index (χ0) is 22.8. The van der Waals surface area contributed by atoms with Gasteiger partial charge >= 0.3 is 0 Å². The van der Waals surface area contributed by atoms with Crippen LogP contribution in [-0.2, 0) is 17.8 Å². The minimum atomic E-state index is -0.0545. The molecule has 0 N–H and O–H groups in total. The predicted molar refractivity (Wildman–Crippen MR) is 125 cm³/mol. The Hall–Kier alpha value is -3.03. The molecule has 0 spiro atoms. The summed E-state index contributed by atoms with van der Waals surface area (Å²) in [5, 5.41) is 13.9. The number of carbonyl (C=O) groups excluding carboxylic acids is 2. The van der Waals surface area contributed by atoms with E-state index in [0.29, 0.717) is 25.2 Å². The van der Waals surface area contributed by atoms with Crippen LogP contribution >= 0.6 is 0 Å². The van der Waals surface area contributed by atoms with Crippen LogP contribution in [0.25, 0.3) is 10.9 Å². The molecule has 0 unspecified atom stereocenters. The van der Waals surface area contributed by atoms with Gasteiger partial charge in [-0.3, -0.25) is 9.59 Å². The number of aromatic nitrogens is 5. The number of fused-ring (bicyclic) bond motifs is 1. The van der Waals surface area contributed by atoms with E-state index in [1.165, 1.54) is 17.5 Å². The van der Waals surface area contributed by atoms with Gasteiger partial charge in [-0.2, -0.15) is 9.78 Å². The van der Waals surface area contributed by atoms with E-state index in [0.717, 1.165) is 67.2 Å². The van der Waals surface area contributed by atoms with E-state index < -0.39 is 0 Å². The Morgan fingerprint density at radius 1 is 1.00 bits per heavy atom. The second kappa shape index (κ2) is 9.45. The van der Waals surface area contributed by atoms with Crippen molar-refractivity contribution in [1.82, 2.24) is 29.4 Å².